The molecular weight excluding hydrogens is 88.2 g/mol. The van der Waals surface area contributed by atoms with Crippen LogP contribution in [0.15, 0.2) is 0 Å². The predicted octanol–water partition coefficient (Wildman–Crippen LogP) is -2.02. The number of hydrogen-bond acceptors (Lipinski definition) is 2. The molecule has 0 spiro atoms. The minimum Gasteiger partial charge on any atom is -0.588 e. The molecule has 0 amide bonds. The lowest BCUT2D eigenvalue weighted by Crippen LogP contribution is -1.75. The molecule has 0 aliphatic heterocycles. The molecule has 0 atom stereocenters. The van der Waals surface area contributed by atoms with Gasteiger partial charge < -0.3 is 8.58 Å². The second kappa shape index (κ2) is 3.03. The summed E-state index contributed by atoms with van der Waals surface area (Å²) in [6.45, 7) is 0. The molecule has 0 aromatic carbocycles. The fourth-order valence-corrected chi connectivity index (χ4v) is 0. The fraction of sp³-hybridized carbons (Fsp3) is 0. The summed E-state index contributed by atoms with van der Waals surface area (Å²) in [5, 5.41) is 0. The molecule has 4 heavy (non-hydrogen) atoms. The van der Waals surface area contributed by atoms with Crippen LogP contribution >= 0.6 is 0 Å². The van der Waals surface area contributed by atoms with Gasteiger partial charge in [0, 0.05) is 0 Å². The third-order valence-corrected chi connectivity index (χ3v) is 0.866. The standard InChI is InChI=1S/H4O2Si2/c1-4-2-3/h4H,3H3. The molecule has 0 aromatic rings. The Kier molecular flexibility index (Phi) is 3.06. The van der Waals surface area contributed by atoms with Crippen LogP contribution in [0.2, 0.25) is 0 Å². The van der Waals surface area contributed by atoms with Gasteiger partial charge >= 0.3 is 9.65 Å². The van der Waals surface area contributed by atoms with E-state index in [1.807, 2.05) is 0 Å². The monoisotopic (exact) mass is 92.0 g/mol. The van der Waals surface area contributed by atoms with Gasteiger partial charge in [-0.25, -0.2) is 0 Å². The molecule has 0 saturated carbocycles. The summed E-state index contributed by atoms with van der Waals surface area (Å²) in [6.07, 6.45) is 0. The lowest BCUT2D eigenvalue weighted by Gasteiger charge is -1.68. The van der Waals surface area contributed by atoms with E-state index in [9.17, 15) is 4.46 Å². The van der Waals surface area contributed by atoms with Gasteiger partial charge in [-0.05, 0) is 0 Å². The topological polar surface area (TPSA) is 26.3 Å². The summed E-state index contributed by atoms with van der Waals surface area (Å²) >= 11 is 0. The van der Waals surface area contributed by atoms with E-state index in [2.05, 4.69) is 4.12 Å². The zero-order chi connectivity index (χ0) is 3.41. The normalized spacial score (nSPS) is 6.00. The van der Waals surface area contributed by atoms with Crippen molar-refractivity contribution in [2.24, 2.45) is 0 Å². The van der Waals surface area contributed by atoms with Gasteiger partial charge in [-0.3, -0.25) is 0 Å². The molecule has 0 aliphatic rings. The van der Waals surface area contributed by atoms with E-state index in [1.54, 1.807) is 0 Å². The third-order valence-electron chi connectivity index (χ3n) is 0.0962. The van der Waals surface area contributed by atoms with Crippen molar-refractivity contribution >= 4 is 20.1 Å². The Balaban J connectivity index is 2.30. The molecule has 2 nitrogen and oxygen atoms in total. The Morgan fingerprint density at radius 1 is 2.00 bits per heavy atom. The summed E-state index contributed by atoms with van der Waals surface area (Å²) in [5.74, 6) is 0. The van der Waals surface area contributed by atoms with Gasteiger partial charge in [0.2, 0.25) is 0 Å². The van der Waals surface area contributed by atoms with Gasteiger partial charge in [-0.2, -0.15) is 0 Å². The SMILES string of the molecule is O=[SiH]O[SiH3]. The van der Waals surface area contributed by atoms with E-state index in [0.717, 1.165) is 0 Å². The number of hydrogen-bond donors (Lipinski definition) is 0. The molecule has 0 fully saturated rings. The molecule has 0 rings (SSSR count). The van der Waals surface area contributed by atoms with E-state index < -0.39 is 9.65 Å². The average molecular weight is 92.2 g/mol. The predicted molar refractivity (Wildman–Crippen MR) is 18.9 cm³/mol. The van der Waals surface area contributed by atoms with Crippen molar-refractivity contribution in [1.82, 2.24) is 0 Å². The Morgan fingerprint density at radius 3 is 2.25 bits per heavy atom. The maximum Gasteiger partial charge on any atom is 0.472 e. The summed E-state index contributed by atoms with van der Waals surface area (Å²) in [5.41, 5.74) is 0. The van der Waals surface area contributed by atoms with Crippen LogP contribution in [0.25, 0.3) is 0 Å². The third kappa shape index (κ3) is 2.03. The van der Waals surface area contributed by atoms with E-state index in [0.29, 0.717) is 10.5 Å². The molecule has 0 bridgehead atoms. The van der Waals surface area contributed by atoms with Gasteiger partial charge in [-0.1, -0.05) is 0 Å². The second-order valence-electron chi connectivity index (χ2n) is 0.332. The van der Waals surface area contributed by atoms with Crippen LogP contribution in [0.1, 0.15) is 0 Å². The van der Waals surface area contributed by atoms with E-state index in [4.69, 9.17) is 0 Å². The van der Waals surface area contributed by atoms with Crippen LogP contribution in [0.5, 0.6) is 0 Å². The Bertz CT molecular complexity index is 18.0. The van der Waals surface area contributed by atoms with Crippen molar-refractivity contribution < 1.29 is 8.58 Å². The van der Waals surface area contributed by atoms with Crippen molar-refractivity contribution in [1.29, 1.82) is 0 Å². The van der Waals surface area contributed by atoms with E-state index in [1.165, 1.54) is 0 Å². The zero-order valence-electron chi connectivity index (χ0n) is 2.39. The Hall–Kier alpha value is 0.0338. The molecule has 0 heterocycles. The lowest BCUT2D eigenvalue weighted by atomic mass is 15.8. The molecule has 24 valence electrons. The van der Waals surface area contributed by atoms with Gasteiger partial charge in [0.15, 0.2) is 10.5 Å². The zero-order valence-corrected chi connectivity index (χ0v) is 5.55. The van der Waals surface area contributed by atoms with Crippen LogP contribution in [0.4, 0.5) is 0 Å². The highest BCUT2D eigenvalue weighted by molar-refractivity contribution is 6.20. The first-order valence-corrected chi connectivity index (χ1v) is 2.64. The lowest BCUT2D eigenvalue weighted by molar-refractivity contribution is 0.503. The van der Waals surface area contributed by atoms with Gasteiger partial charge in [0.1, 0.15) is 0 Å². The smallest absolute Gasteiger partial charge is 0.472 e. The summed E-state index contributed by atoms with van der Waals surface area (Å²) in [7, 11) is -0.292. The summed E-state index contributed by atoms with van der Waals surface area (Å²) in [6, 6.07) is 0. The molecular formula is H4O2Si2. The van der Waals surface area contributed by atoms with Crippen LogP contribution in [-0.4, -0.2) is 20.1 Å². The van der Waals surface area contributed by atoms with Crippen molar-refractivity contribution in [3.05, 3.63) is 0 Å². The first kappa shape index (κ1) is 4.03. The second-order valence-corrected chi connectivity index (χ2v) is 2.41. The van der Waals surface area contributed by atoms with Gasteiger partial charge in [0.25, 0.3) is 0 Å². The molecule has 0 N–H and O–H groups in total. The Morgan fingerprint density at radius 2 is 2.25 bits per heavy atom. The summed E-state index contributed by atoms with van der Waals surface area (Å²) in [4.78, 5) is 0. The molecule has 0 unspecified atom stereocenters. The van der Waals surface area contributed by atoms with Crippen LogP contribution in [0, 0.1) is 0 Å². The average Bonchev–Trinajstić information content (AvgIpc) is 1.37. The van der Waals surface area contributed by atoms with Crippen molar-refractivity contribution in [3.8, 4) is 0 Å². The highest BCUT2D eigenvalue weighted by atomic mass is 28.3. The largest absolute Gasteiger partial charge is 0.588 e. The molecule has 0 saturated heterocycles. The first-order chi connectivity index (χ1) is 1.91. The van der Waals surface area contributed by atoms with E-state index >= 15 is 0 Å². The van der Waals surface area contributed by atoms with Crippen LogP contribution in [0.3, 0.4) is 0 Å². The quantitative estimate of drug-likeness (QED) is 0.349. The summed E-state index contributed by atoms with van der Waals surface area (Å²) < 4.78 is 13.4. The maximum atomic E-state index is 9.19. The van der Waals surface area contributed by atoms with Crippen LogP contribution < -0.4 is 0 Å². The Labute approximate surface area is 29.7 Å². The van der Waals surface area contributed by atoms with Crippen molar-refractivity contribution in [2.75, 3.05) is 0 Å². The minimum atomic E-state index is -0.906. The molecule has 0 aromatic heterocycles. The first-order valence-electron chi connectivity index (χ1n) is 0.880. The van der Waals surface area contributed by atoms with Gasteiger partial charge in [0.05, 0.1) is 0 Å². The molecule has 4 heteroatoms. The molecule has 0 radical (unpaired) electrons. The highest BCUT2D eigenvalue weighted by Crippen LogP contribution is 1.29. The highest BCUT2D eigenvalue weighted by Gasteiger charge is 1.50. The molecule has 0 aliphatic carbocycles. The maximum absolute atomic E-state index is 9.19. The number of rotatable bonds is 1. The van der Waals surface area contributed by atoms with Crippen LogP contribution in [-0.2, 0) is 8.58 Å². The van der Waals surface area contributed by atoms with E-state index in [-0.39, 0.29) is 0 Å². The minimum absolute atomic E-state index is 0.614. The van der Waals surface area contributed by atoms with Crippen molar-refractivity contribution in [2.45, 2.75) is 0 Å². The van der Waals surface area contributed by atoms with Crippen molar-refractivity contribution in [3.63, 3.8) is 0 Å². The van der Waals surface area contributed by atoms with Gasteiger partial charge in [-0.15, -0.1) is 0 Å². The fourth-order valence-electron chi connectivity index (χ4n) is 0.